The van der Waals surface area contributed by atoms with Gasteiger partial charge < -0.3 is 15.4 Å². The number of aliphatic imine (C=N–C) groups is 1. The van der Waals surface area contributed by atoms with Crippen LogP contribution in [0.15, 0.2) is 35.3 Å². The smallest absolute Gasteiger partial charge is 0.191 e. The molecular weight excluding hydrogens is 348 g/mol. The molecule has 0 bridgehead atoms. The van der Waals surface area contributed by atoms with Gasteiger partial charge in [-0.15, -0.1) is 0 Å². The first-order valence-electron chi connectivity index (χ1n) is 11.0. The van der Waals surface area contributed by atoms with Crippen LogP contribution in [0.3, 0.4) is 0 Å². The second-order valence-corrected chi connectivity index (χ2v) is 9.29. The predicted molar refractivity (Wildman–Crippen MR) is 114 cm³/mol. The molecule has 2 saturated heterocycles. The van der Waals surface area contributed by atoms with Crippen molar-refractivity contribution < 1.29 is 4.74 Å². The molecule has 154 valence electrons. The maximum atomic E-state index is 6.04. The van der Waals surface area contributed by atoms with Gasteiger partial charge in [0.25, 0.3) is 0 Å². The van der Waals surface area contributed by atoms with Crippen molar-refractivity contribution in [3.8, 4) is 0 Å². The van der Waals surface area contributed by atoms with Gasteiger partial charge in [0.1, 0.15) is 0 Å². The van der Waals surface area contributed by atoms with Crippen molar-refractivity contribution >= 4 is 5.96 Å². The highest BCUT2D eigenvalue weighted by Crippen LogP contribution is 2.51. The van der Waals surface area contributed by atoms with Gasteiger partial charge in [-0.05, 0) is 31.2 Å². The van der Waals surface area contributed by atoms with Gasteiger partial charge in [-0.2, -0.15) is 0 Å². The van der Waals surface area contributed by atoms with Crippen LogP contribution in [-0.2, 0) is 11.3 Å². The molecule has 5 heteroatoms. The van der Waals surface area contributed by atoms with Gasteiger partial charge >= 0.3 is 0 Å². The molecule has 0 amide bonds. The predicted octanol–water partition coefficient (Wildman–Crippen LogP) is 3.02. The highest BCUT2D eigenvalue weighted by molar-refractivity contribution is 5.80. The maximum Gasteiger partial charge on any atom is 0.191 e. The fourth-order valence-corrected chi connectivity index (χ4v) is 5.40. The molecule has 2 heterocycles. The first-order chi connectivity index (χ1) is 13.6. The molecule has 3 aliphatic rings. The number of likely N-dealkylation sites (tertiary alicyclic amines) is 1. The van der Waals surface area contributed by atoms with Crippen LogP contribution in [0.1, 0.15) is 45.1 Å². The fraction of sp³-hybridized carbons (Fsp3) is 0.696. The van der Waals surface area contributed by atoms with E-state index in [1.165, 1.54) is 18.4 Å². The molecule has 1 aliphatic carbocycles. The van der Waals surface area contributed by atoms with E-state index in [2.05, 4.69) is 64.7 Å². The zero-order valence-corrected chi connectivity index (χ0v) is 17.7. The summed E-state index contributed by atoms with van der Waals surface area (Å²) in [6.45, 7) is 8.90. The zero-order chi connectivity index (χ0) is 19.6. The van der Waals surface area contributed by atoms with E-state index in [9.17, 15) is 0 Å². The Labute approximate surface area is 169 Å². The van der Waals surface area contributed by atoms with Crippen LogP contribution in [0.4, 0.5) is 0 Å². The minimum atomic E-state index is 0.168. The van der Waals surface area contributed by atoms with Gasteiger partial charge in [0.2, 0.25) is 0 Å². The number of nitrogens with zero attached hydrogens (tertiary/aromatic N) is 2. The lowest BCUT2D eigenvalue weighted by Gasteiger charge is -2.60. The van der Waals surface area contributed by atoms with Crippen molar-refractivity contribution in [2.45, 2.75) is 64.3 Å². The Morgan fingerprint density at radius 1 is 1.14 bits per heavy atom. The van der Waals surface area contributed by atoms with E-state index in [0.29, 0.717) is 24.1 Å². The second-order valence-electron chi connectivity index (χ2n) is 9.29. The Bertz CT molecular complexity index is 666. The molecule has 1 aromatic rings. The van der Waals surface area contributed by atoms with E-state index < -0.39 is 0 Å². The third kappa shape index (κ3) is 4.06. The lowest BCUT2D eigenvalue weighted by Crippen LogP contribution is -2.71. The van der Waals surface area contributed by atoms with Crippen LogP contribution in [0, 0.1) is 11.3 Å². The summed E-state index contributed by atoms with van der Waals surface area (Å²) in [5.74, 6) is 1.58. The number of hydrogen-bond acceptors (Lipinski definition) is 3. The minimum Gasteiger partial charge on any atom is -0.377 e. The third-order valence-corrected chi connectivity index (χ3v) is 7.02. The molecule has 0 aromatic heterocycles. The third-order valence-electron chi connectivity index (χ3n) is 7.02. The molecule has 28 heavy (non-hydrogen) atoms. The van der Waals surface area contributed by atoms with Crippen LogP contribution in [-0.4, -0.2) is 55.8 Å². The zero-order valence-electron chi connectivity index (χ0n) is 17.7. The average Bonchev–Trinajstić information content (AvgIpc) is 2.73. The lowest BCUT2D eigenvalue weighted by atomic mass is 9.55. The first-order valence-corrected chi connectivity index (χ1v) is 11.0. The minimum absolute atomic E-state index is 0.168. The quantitative estimate of drug-likeness (QED) is 0.619. The summed E-state index contributed by atoms with van der Waals surface area (Å²) in [5, 5.41) is 7.43. The van der Waals surface area contributed by atoms with E-state index in [-0.39, 0.29) is 5.41 Å². The average molecular weight is 385 g/mol. The SMILES string of the molecule is CN=C(NC1CCN(Cc2ccccc2)CC1)NC1C2CCCOC2C1(C)C. The number of hydrogen-bond donors (Lipinski definition) is 2. The maximum absolute atomic E-state index is 6.04. The van der Waals surface area contributed by atoms with Crippen molar-refractivity contribution in [3.05, 3.63) is 35.9 Å². The van der Waals surface area contributed by atoms with E-state index in [4.69, 9.17) is 4.74 Å². The molecule has 3 unspecified atom stereocenters. The van der Waals surface area contributed by atoms with E-state index in [1.807, 2.05) is 7.05 Å². The topological polar surface area (TPSA) is 48.9 Å². The number of piperidine rings is 1. The Morgan fingerprint density at radius 3 is 2.61 bits per heavy atom. The molecule has 2 N–H and O–H groups in total. The van der Waals surface area contributed by atoms with Crippen LogP contribution in [0.5, 0.6) is 0 Å². The van der Waals surface area contributed by atoms with Crippen molar-refractivity contribution in [2.75, 3.05) is 26.7 Å². The monoisotopic (exact) mass is 384 g/mol. The van der Waals surface area contributed by atoms with Crippen molar-refractivity contribution in [3.63, 3.8) is 0 Å². The molecular formula is C23H36N4O. The molecule has 1 saturated carbocycles. The summed E-state index contributed by atoms with van der Waals surface area (Å²) in [6.07, 6.45) is 5.17. The Hall–Kier alpha value is -1.59. The van der Waals surface area contributed by atoms with Crippen LogP contribution in [0.2, 0.25) is 0 Å². The number of guanidine groups is 1. The largest absolute Gasteiger partial charge is 0.377 e. The Balaban J connectivity index is 1.26. The summed E-state index contributed by atoms with van der Waals surface area (Å²) in [5.41, 5.74) is 1.57. The van der Waals surface area contributed by atoms with Crippen LogP contribution >= 0.6 is 0 Å². The summed E-state index contributed by atoms with van der Waals surface area (Å²) in [7, 11) is 1.89. The van der Waals surface area contributed by atoms with Crippen LogP contribution in [0.25, 0.3) is 0 Å². The highest BCUT2D eigenvalue weighted by Gasteiger charge is 2.58. The lowest BCUT2D eigenvalue weighted by molar-refractivity contribution is -0.188. The normalized spacial score (nSPS) is 31.0. The van der Waals surface area contributed by atoms with Gasteiger partial charge in [0.15, 0.2) is 5.96 Å². The summed E-state index contributed by atoms with van der Waals surface area (Å²) >= 11 is 0. The highest BCUT2D eigenvalue weighted by atomic mass is 16.5. The van der Waals surface area contributed by atoms with E-state index >= 15 is 0 Å². The second kappa shape index (κ2) is 8.42. The first kappa shape index (κ1) is 19.7. The summed E-state index contributed by atoms with van der Waals surface area (Å²) in [4.78, 5) is 7.09. The number of fused-ring (bicyclic) bond motifs is 1. The number of benzene rings is 1. The Kier molecular flexibility index (Phi) is 5.93. The fourth-order valence-electron chi connectivity index (χ4n) is 5.40. The van der Waals surface area contributed by atoms with Gasteiger partial charge in [-0.25, -0.2) is 0 Å². The van der Waals surface area contributed by atoms with Gasteiger partial charge in [-0.1, -0.05) is 44.2 Å². The van der Waals surface area contributed by atoms with Gasteiger partial charge in [0.05, 0.1) is 6.10 Å². The van der Waals surface area contributed by atoms with E-state index in [1.54, 1.807) is 0 Å². The number of ether oxygens (including phenoxy) is 1. The molecule has 5 nitrogen and oxygen atoms in total. The summed E-state index contributed by atoms with van der Waals surface area (Å²) < 4.78 is 6.04. The molecule has 3 atom stereocenters. The standard InChI is InChI=1S/C23H36N4O/c1-23(2)20(19-10-7-15-28-21(19)23)26-22(24-3)25-18-11-13-27(14-12-18)16-17-8-5-4-6-9-17/h4-6,8-9,18-21H,7,10-16H2,1-3H3,(H2,24,25,26). The van der Waals surface area contributed by atoms with Gasteiger partial charge in [-0.3, -0.25) is 9.89 Å². The molecule has 4 rings (SSSR count). The van der Waals surface area contributed by atoms with Crippen molar-refractivity contribution in [1.29, 1.82) is 0 Å². The van der Waals surface area contributed by atoms with Crippen LogP contribution < -0.4 is 10.6 Å². The number of nitrogens with one attached hydrogen (secondary N) is 2. The molecule has 3 fully saturated rings. The summed E-state index contributed by atoms with van der Waals surface area (Å²) in [6, 6.07) is 11.7. The Morgan fingerprint density at radius 2 is 1.89 bits per heavy atom. The van der Waals surface area contributed by atoms with E-state index in [0.717, 1.165) is 45.0 Å². The molecule has 1 aromatic carbocycles. The molecule has 0 spiro atoms. The molecule has 0 radical (unpaired) electrons. The van der Waals surface area contributed by atoms with Gasteiger partial charge in [0, 0.05) is 56.7 Å². The van der Waals surface area contributed by atoms with Crippen molar-refractivity contribution in [2.24, 2.45) is 16.3 Å². The van der Waals surface area contributed by atoms with Crippen molar-refractivity contribution in [1.82, 2.24) is 15.5 Å². The number of rotatable bonds is 4. The molecule has 2 aliphatic heterocycles.